The number of nitriles is 1. The Bertz CT molecular complexity index is 864. The minimum Gasteiger partial charge on any atom is -0.365 e. The Balaban J connectivity index is 1.90. The van der Waals surface area contributed by atoms with Gasteiger partial charge in [0.15, 0.2) is 5.69 Å². The SMILES string of the molecule is CN(C)c1cc(CNc2cnc(C#N)cn2)c2ccccc2n1. The fourth-order valence-electron chi connectivity index (χ4n) is 2.27. The van der Waals surface area contributed by atoms with Crippen LogP contribution >= 0.6 is 0 Å². The number of para-hydroxylation sites is 1. The van der Waals surface area contributed by atoms with Gasteiger partial charge >= 0.3 is 0 Å². The van der Waals surface area contributed by atoms with Crippen molar-refractivity contribution >= 4 is 22.5 Å². The minimum atomic E-state index is 0.305. The molecule has 0 aliphatic carbocycles. The second-order valence-corrected chi connectivity index (χ2v) is 5.30. The molecule has 0 amide bonds. The lowest BCUT2D eigenvalue weighted by atomic mass is 10.1. The van der Waals surface area contributed by atoms with E-state index in [4.69, 9.17) is 5.26 Å². The topological polar surface area (TPSA) is 77.7 Å². The summed E-state index contributed by atoms with van der Waals surface area (Å²) < 4.78 is 0. The van der Waals surface area contributed by atoms with Crippen molar-refractivity contribution in [2.45, 2.75) is 6.54 Å². The fourth-order valence-corrected chi connectivity index (χ4v) is 2.27. The van der Waals surface area contributed by atoms with Gasteiger partial charge in [-0.2, -0.15) is 5.26 Å². The molecule has 3 rings (SSSR count). The van der Waals surface area contributed by atoms with E-state index >= 15 is 0 Å². The molecule has 0 aliphatic rings. The molecule has 6 nitrogen and oxygen atoms in total. The summed E-state index contributed by atoms with van der Waals surface area (Å²) in [6.45, 7) is 0.602. The number of pyridine rings is 1. The molecular weight excluding hydrogens is 288 g/mol. The molecule has 3 aromatic rings. The number of aromatic nitrogens is 3. The molecule has 23 heavy (non-hydrogen) atoms. The van der Waals surface area contributed by atoms with Gasteiger partial charge in [-0.3, -0.25) is 0 Å². The first-order chi connectivity index (χ1) is 11.2. The van der Waals surface area contributed by atoms with Crippen LogP contribution in [0.5, 0.6) is 0 Å². The molecule has 0 spiro atoms. The van der Waals surface area contributed by atoms with Gasteiger partial charge in [-0.25, -0.2) is 15.0 Å². The Hall–Kier alpha value is -3.20. The summed E-state index contributed by atoms with van der Waals surface area (Å²) in [7, 11) is 3.95. The van der Waals surface area contributed by atoms with Gasteiger partial charge in [0, 0.05) is 26.0 Å². The van der Waals surface area contributed by atoms with Crippen molar-refractivity contribution in [1.29, 1.82) is 5.26 Å². The molecule has 1 aromatic carbocycles. The van der Waals surface area contributed by atoms with Crippen LogP contribution in [0.15, 0.2) is 42.7 Å². The number of hydrogen-bond acceptors (Lipinski definition) is 6. The Kier molecular flexibility index (Phi) is 4.02. The van der Waals surface area contributed by atoms with E-state index in [1.165, 1.54) is 6.20 Å². The van der Waals surface area contributed by atoms with Crippen molar-refractivity contribution in [2.75, 3.05) is 24.3 Å². The highest BCUT2D eigenvalue weighted by Crippen LogP contribution is 2.22. The molecule has 0 bridgehead atoms. The zero-order valence-corrected chi connectivity index (χ0v) is 13.0. The van der Waals surface area contributed by atoms with E-state index in [9.17, 15) is 0 Å². The van der Waals surface area contributed by atoms with Crippen molar-refractivity contribution in [3.05, 3.63) is 54.0 Å². The molecule has 6 heteroatoms. The molecule has 0 saturated heterocycles. The molecule has 2 heterocycles. The Morgan fingerprint density at radius 1 is 1.17 bits per heavy atom. The molecule has 0 fully saturated rings. The summed E-state index contributed by atoms with van der Waals surface area (Å²) in [5.74, 6) is 1.54. The zero-order chi connectivity index (χ0) is 16.2. The lowest BCUT2D eigenvalue weighted by Crippen LogP contribution is -2.12. The van der Waals surface area contributed by atoms with Crippen LogP contribution in [-0.4, -0.2) is 29.0 Å². The van der Waals surface area contributed by atoms with Crippen LogP contribution in [0, 0.1) is 11.3 Å². The number of hydrogen-bond donors (Lipinski definition) is 1. The summed E-state index contributed by atoms with van der Waals surface area (Å²) in [5, 5.41) is 13.1. The third-order valence-electron chi connectivity index (χ3n) is 3.47. The van der Waals surface area contributed by atoms with Crippen LogP contribution in [0.2, 0.25) is 0 Å². The van der Waals surface area contributed by atoms with Gasteiger partial charge in [0.2, 0.25) is 0 Å². The number of nitrogens with zero attached hydrogens (tertiary/aromatic N) is 5. The average Bonchev–Trinajstić information content (AvgIpc) is 2.59. The number of anilines is 2. The van der Waals surface area contributed by atoms with Crippen LogP contribution in [0.3, 0.4) is 0 Å². The van der Waals surface area contributed by atoms with Gasteiger partial charge in [-0.1, -0.05) is 18.2 Å². The van der Waals surface area contributed by atoms with Crippen LogP contribution in [0.25, 0.3) is 10.9 Å². The maximum absolute atomic E-state index is 8.75. The van der Waals surface area contributed by atoms with Crippen LogP contribution < -0.4 is 10.2 Å². The second kappa shape index (κ2) is 6.28. The van der Waals surface area contributed by atoms with E-state index in [2.05, 4.69) is 32.4 Å². The van der Waals surface area contributed by atoms with E-state index in [-0.39, 0.29) is 0 Å². The molecule has 0 saturated carbocycles. The Labute approximate surface area is 134 Å². The molecular formula is C17H16N6. The van der Waals surface area contributed by atoms with E-state index in [1.807, 2.05) is 43.3 Å². The fraction of sp³-hybridized carbons (Fsp3) is 0.176. The van der Waals surface area contributed by atoms with Crippen LogP contribution in [-0.2, 0) is 6.54 Å². The first-order valence-corrected chi connectivity index (χ1v) is 7.19. The van der Waals surface area contributed by atoms with Crippen molar-refractivity contribution in [2.24, 2.45) is 0 Å². The second-order valence-electron chi connectivity index (χ2n) is 5.30. The molecule has 0 aliphatic heterocycles. The molecule has 2 aromatic heterocycles. The third kappa shape index (κ3) is 3.19. The Morgan fingerprint density at radius 2 is 2.00 bits per heavy atom. The van der Waals surface area contributed by atoms with E-state index < -0.39 is 0 Å². The predicted molar refractivity (Wildman–Crippen MR) is 90.1 cm³/mol. The number of nitrogens with one attached hydrogen (secondary N) is 1. The van der Waals surface area contributed by atoms with Crippen molar-refractivity contribution in [1.82, 2.24) is 15.0 Å². The number of rotatable bonds is 4. The highest BCUT2D eigenvalue weighted by molar-refractivity contribution is 5.84. The van der Waals surface area contributed by atoms with Gasteiger partial charge < -0.3 is 10.2 Å². The molecule has 114 valence electrons. The van der Waals surface area contributed by atoms with Crippen molar-refractivity contribution in [3.8, 4) is 6.07 Å². The Morgan fingerprint density at radius 3 is 2.70 bits per heavy atom. The highest BCUT2D eigenvalue weighted by atomic mass is 15.1. The van der Waals surface area contributed by atoms with Gasteiger partial charge in [-0.05, 0) is 17.7 Å². The quantitative estimate of drug-likeness (QED) is 0.798. The first-order valence-electron chi connectivity index (χ1n) is 7.19. The minimum absolute atomic E-state index is 0.305. The molecule has 0 atom stereocenters. The van der Waals surface area contributed by atoms with Crippen molar-refractivity contribution < 1.29 is 0 Å². The molecule has 0 radical (unpaired) electrons. The summed E-state index contributed by atoms with van der Waals surface area (Å²) in [6, 6.07) is 12.1. The number of fused-ring (bicyclic) bond motifs is 1. The van der Waals surface area contributed by atoms with E-state index in [0.29, 0.717) is 18.1 Å². The smallest absolute Gasteiger partial charge is 0.158 e. The lowest BCUT2D eigenvalue weighted by Gasteiger charge is -2.15. The molecule has 0 unspecified atom stereocenters. The van der Waals surface area contributed by atoms with Crippen LogP contribution in [0.4, 0.5) is 11.6 Å². The normalized spacial score (nSPS) is 10.3. The summed E-state index contributed by atoms with van der Waals surface area (Å²) >= 11 is 0. The van der Waals surface area contributed by atoms with Gasteiger partial charge in [0.1, 0.15) is 17.7 Å². The zero-order valence-electron chi connectivity index (χ0n) is 13.0. The van der Waals surface area contributed by atoms with E-state index in [0.717, 1.165) is 22.3 Å². The van der Waals surface area contributed by atoms with Crippen molar-refractivity contribution in [3.63, 3.8) is 0 Å². The summed E-state index contributed by atoms with van der Waals surface area (Å²) in [5.41, 5.74) is 2.40. The maximum atomic E-state index is 8.75. The van der Waals surface area contributed by atoms with Gasteiger partial charge in [-0.15, -0.1) is 0 Å². The average molecular weight is 304 g/mol. The summed E-state index contributed by atoms with van der Waals surface area (Å²) in [6.07, 6.45) is 3.02. The predicted octanol–water partition coefficient (Wildman–Crippen LogP) is 2.57. The first kappa shape index (κ1) is 14.7. The maximum Gasteiger partial charge on any atom is 0.158 e. The monoisotopic (exact) mass is 304 g/mol. The van der Waals surface area contributed by atoms with Gasteiger partial charge in [0.05, 0.1) is 17.9 Å². The highest BCUT2D eigenvalue weighted by Gasteiger charge is 2.07. The van der Waals surface area contributed by atoms with Crippen LogP contribution in [0.1, 0.15) is 11.3 Å². The van der Waals surface area contributed by atoms with E-state index in [1.54, 1.807) is 6.20 Å². The summed E-state index contributed by atoms with van der Waals surface area (Å²) in [4.78, 5) is 14.8. The number of benzene rings is 1. The lowest BCUT2D eigenvalue weighted by molar-refractivity contribution is 1.05. The largest absolute Gasteiger partial charge is 0.365 e. The van der Waals surface area contributed by atoms with Gasteiger partial charge in [0.25, 0.3) is 0 Å². The standard InChI is InChI=1S/C17H16N6/c1-23(2)17-7-12(14-5-3-4-6-15(14)22-17)9-20-16-11-19-13(8-18)10-21-16/h3-7,10-11H,9H2,1-2H3,(H,20,21). The molecule has 1 N–H and O–H groups in total. The third-order valence-corrected chi connectivity index (χ3v) is 3.47.